The van der Waals surface area contributed by atoms with Crippen molar-refractivity contribution in [2.24, 2.45) is 5.41 Å². The van der Waals surface area contributed by atoms with Crippen LogP contribution in [0, 0.1) is 5.41 Å². The molecule has 9 heteroatoms. The Hall–Kier alpha value is -1.38. The number of ether oxygens (including phenoxy) is 3. The van der Waals surface area contributed by atoms with Crippen LogP contribution in [0.2, 0.25) is 0 Å². The van der Waals surface area contributed by atoms with Crippen LogP contribution in [-0.4, -0.2) is 42.8 Å². The fourth-order valence-electron chi connectivity index (χ4n) is 1.45. The van der Waals surface area contributed by atoms with Crippen molar-refractivity contribution in [2.45, 2.75) is 72.0 Å². The van der Waals surface area contributed by atoms with Gasteiger partial charge in [-0.25, -0.2) is 13.6 Å². The van der Waals surface area contributed by atoms with Gasteiger partial charge >= 0.3 is 29.6 Å². The SMILES string of the molecule is CCOC(=O)C(C)(OCCC(F)(F)C(C)(F)F)OC(=O)C(C)(C)CC. The highest BCUT2D eigenvalue weighted by Crippen LogP contribution is 2.37. The predicted octanol–water partition coefficient (Wildman–Crippen LogP) is 3.94. The van der Waals surface area contributed by atoms with Crippen LogP contribution in [0.3, 0.4) is 0 Å². The lowest BCUT2D eigenvalue weighted by molar-refractivity contribution is -0.253. The van der Waals surface area contributed by atoms with Gasteiger partial charge in [0.05, 0.1) is 18.6 Å². The lowest BCUT2D eigenvalue weighted by Gasteiger charge is -2.32. The van der Waals surface area contributed by atoms with E-state index < -0.39 is 48.0 Å². The standard InChI is InChI=1S/C16H26F4O5/c1-7-13(3,4)11(21)25-14(5,12(22)23-8-2)24-10-9-16(19,20)15(6,17)18/h7-10H2,1-6H3. The molecule has 0 spiro atoms. The van der Waals surface area contributed by atoms with Crippen LogP contribution in [0.5, 0.6) is 0 Å². The molecule has 0 aliphatic rings. The number of alkyl halides is 4. The second-order valence-corrected chi connectivity index (χ2v) is 6.48. The molecule has 0 rings (SSSR count). The number of esters is 2. The Morgan fingerprint density at radius 2 is 1.44 bits per heavy atom. The number of hydrogen-bond donors (Lipinski definition) is 0. The molecule has 0 aromatic carbocycles. The normalized spacial score (nSPS) is 15.4. The van der Waals surface area contributed by atoms with Crippen molar-refractivity contribution in [1.82, 2.24) is 0 Å². The maximum absolute atomic E-state index is 13.3. The van der Waals surface area contributed by atoms with Crippen LogP contribution in [-0.2, 0) is 23.8 Å². The smallest absolute Gasteiger partial charge is 0.379 e. The summed E-state index contributed by atoms with van der Waals surface area (Å²) < 4.78 is 67.0. The second-order valence-electron chi connectivity index (χ2n) is 6.48. The molecule has 0 aliphatic carbocycles. The van der Waals surface area contributed by atoms with E-state index in [1.165, 1.54) is 6.92 Å². The van der Waals surface area contributed by atoms with Crippen LogP contribution in [0.1, 0.15) is 54.4 Å². The van der Waals surface area contributed by atoms with Crippen molar-refractivity contribution >= 4 is 11.9 Å². The molecule has 0 N–H and O–H groups in total. The van der Waals surface area contributed by atoms with Gasteiger partial charge in [-0.2, -0.15) is 8.78 Å². The summed E-state index contributed by atoms with van der Waals surface area (Å²) in [7, 11) is 0. The van der Waals surface area contributed by atoms with Crippen molar-refractivity contribution in [3.05, 3.63) is 0 Å². The van der Waals surface area contributed by atoms with Gasteiger partial charge in [0.2, 0.25) is 0 Å². The highest BCUT2D eigenvalue weighted by Gasteiger charge is 2.52. The third-order valence-corrected chi connectivity index (χ3v) is 3.81. The van der Waals surface area contributed by atoms with E-state index in [0.29, 0.717) is 6.42 Å². The molecule has 0 aromatic rings. The summed E-state index contributed by atoms with van der Waals surface area (Å²) in [4.78, 5) is 24.2. The van der Waals surface area contributed by atoms with E-state index in [4.69, 9.17) is 14.2 Å². The molecule has 0 bridgehead atoms. The highest BCUT2D eigenvalue weighted by molar-refractivity contribution is 5.83. The van der Waals surface area contributed by atoms with Crippen molar-refractivity contribution < 1.29 is 41.4 Å². The van der Waals surface area contributed by atoms with Crippen LogP contribution in [0.4, 0.5) is 17.6 Å². The Morgan fingerprint density at radius 3 is 1.84 bits per heavy atom. The van der Waals surface area contributed by atoms with E-state index in [1.807, 2.05) is 0 Å². The zero-order chi connectivity index (χ0) is 20.1. The molecule has 148 valence electrons. The Bertz CT molecular complexity index is 474. The summed E-state index contributed by atoms with van der Waals surface area (Å²) in [6.07, 6.45) is -0.981. The molecule has 1 atom stereocenters. The van der Waals surface area contributed by atoms with Gasteiger partial charge in [-0.15, -0.1) is 0 Å². The second kappa shape index (κ2) is 8.33. The predicted molar refractivity (Wildman–Crippen MR) is 81.3 cm³/mol. The van der Waals surface area contributed by atoms with Gasteiger partial charge in [0, 0.05) is 20.3 Å². The summed E-state index contributed by atoms with van der Waals surface area (Å²) in [6, 6.07) is 0. The van der Waals surface area contributed by atoms with Crippen LogP contribution < -0.4 is 0 Å². The van der Waals surface area contributed by atoms with Gasteiger partial charge in [0.25, 0.3) is 0 Å². The minimum absolute atomic E-state index is 0.0737. The van der Waals surface area contributed by atoms with Crippen LogP contribution in [0.25, 0.3) is 0 Å². The Labute approximate surface area is 145 Å². The molecule has 0 amide bonds. The average Bonchev–Trinajstić information content (AvgIpc) is 2.45. The summed E-state index contributed by atoms with van der Waals surface area (Å²) in [5.74, 6) is -12.8. The summed E-state index contributed by atoms with van der Waals surface area (Å²) in [5.41, 5.74) is -0.961. The average molecular weight is 374 g/mol. The molecule has 1 unspecified atom stereocenters. The number of halogens is 4. The van der Waals surface area contributed by atoms with E-state index in [0.717, 1.165) is 6.92 Å². The Morgan fingerprint density at radius 1 is 0.920 bits per heavy atom. The van der Waals surface area contributed by atoms with Crippen molar-refractivity contribution in [2.75, 3.05) is 13.2 Å². The molecule has 0 fully saturated rings. The fourth-order valence-corrected chi connectivity index (χ4v) is 1.45. The van der Waals surface area contributed by atoms with Gasteiger partial charge < -0.3 is 14.2 Å². The zero-order valence-electron chi connectivity index (χ0n) is 15.4. The first-order valence-electron chi connectivity index (χ1n) is 7.93. The van der Waals surface area contributed by atoms with Gasteiger partial charge in [-0.3, -0.25) is 4.79 Å². The first-order chi connectivity index (χ1) is 11.1. The van der Waals surface area contributed by atoms with E-state index in [1.54, 1.807) is 20.8 Å². The van der Waals surface area contributed by atoms with Gasteiger partial charge in [-0.1, -0.05) is 6.92 Å². The van der Waals surface area contributed by atoms with E-state index in [2.05, 4.69) is 0 Å². The molecule has 0 saturated heterocycles. The highest BCUT2D eigenvalue weighted by atomic mass is 19.3. The van der Waals surface area contributed by atoms with Gasteiger partial charge in [0.15, 0.2) is 0 Å². The summed E-state index contributed by atoms with van der Waals surface area (Å²) >= 11 is 0. The van der Waals surface area contributed by atoms with Gasteiger partial charge in [-0.05, 0) is 27.2 Å². The molecular formula is C16H26F4O5. The molecule has 5 nitrogen and oxygen atoms in total. The number of carbonyl (C=O) groups is 2. The molecule has 0 radical (unpaired) electrons. The molecule has 0 heterocycles. The van der Waals surface area contributed by atoms with Crippen molar-refractivity contribution in [1.29, 1.82) is 0 Å². The minimum atomic E-state index is -4.34. The fraction of sp³-hybridized carbons (Fsp3) is 0.875. The van der Waals surface area contributed by atoms with Crippen molar-refractivity contribution in [3.8, 4) is 0 Å². The first kappa shape index (κ1) is 23.6. The molecule has 25 heavy (non-hydrogen) atoms. The van der Waals surface area contributed by atoms with Crippen LogP contribution >= 0.6 is 0 Å². The third-order valence-electron chi connectivity index (χ3n) is 3.81. The third kappa shape index (κ3) is 6.45. The number of hydrogen-bond acceptors (Lipinski definition) is 5. The number of carbonyl (C=O) groups excluding carboxylic acids is 2. The maximum Gasteiger partial charge on any atom is 0.379 e. The topological polar surface area (TPSA) is 61.8 Å². The molecule has 0 aliphatic heterocycles. The molecule has 0 aromatic heterocycles. The minimum Gasteiger partial charge on any atom is -0.461 e. The lowest BCUT2D eigenvalue weighted by atomic mass is 9.90. The number of rotatable bonds is 10. The largest absolute Gasteiger partial charge is 0.461 e. The summed E-state index contributed by atoms with van der Waals surface area (Å²) in [6.45, 7) is 6.43. The molecule has 0 saturated carbocycles. The summed E-state index contributed by atoms with van der Waals surface area (Å²) in [5, 5.41) is 0. The van der Waals surface area contributed by atoms with E-state index >= 15 is 0 Å². The van der Waals surface area contributed by atoms with E-state index in [-0.39, 0.29) is 13.5 Å². The molecular weight excluding hydrogens is 348 g/mol. The lowest BCUT2D eigenvalue weighted by Crippen LogP contribution is -2.48. The van der Waals surface area contributed by atoms with Gasteiger partial charge in [0.1, 0.15) is 0 Å². The Kier molecular flexibility index (Phi) is 7.87. The first-order valence-corrected chi connectivity index (χ1v) is 7.93. The van der Waals surface area contributed by atoms with Crippen molar-refractivity contribution in [3.63, 3.8) is 0 Å². The van der Waals surface area contributed by atoms with Crippen LogP contribution in [0.15, 0.2) is 0 Å². The monoisotopic (exact) mass is 374 g/mol. The zero-order valence-corrected chi connectivity index (χ0v) is 15.4. The Balaban J connectivity index is 5.19. The van der Waals surface area contributed by atoms with E-state index in [9.17, 15) is 27.2 Å². The quantitative estimate of drug-likeness (QED) is 0.329. The maximum atomic E-state index is 13.3.